The summed E-state index contributed by atoms with van der Waals surface area (Å²) in [7, 11) is 0. The molecule has 0 aliphatic carbocycles. The molecule has 0 saturated carbocycles. The molecule has 154 valence electrons. The molecule has 0 saturated heterocycles. The summed E-state index contributed by atoms with van der Waals surface area (Å²) < 4.78 is 1.06. The summed E-state index contributed by atoms with van der Waals surface area (Å²) in [5.41, 5.74) is 2.01. The van der Waals surface area contributed by atoms with Crippen LogP contribution in [-0.4, -0.2) is 6.29 Å². The molecule has 0 bridgehead atoms. The van der Waals surface area contributed by atoms with Crippen LogP contribution in [0, 0.1) is 0 Å². The smallest absolute Gasteiger partial charge is 0.150 e. The molecule has 0 atom stereocenters. The highest BCUT2D eigenvalue weighted by Crippen LogP contribution is 2.18. The van der Waals surface area contributed by atoms with E-state index in [2.05, 4.69) is 56.6 Å². The van der Waals surface area contributed by atoms with Gasteiger partial charge in [-0.3, -0.25) is 4.79 Å². The minimum absolute atomic E-state index is 0.835. The molecule has 0 heterocycles. The van der Waals surface area contributed by atoms with Crippen molar-refractivity contribution in [2.45, 2.75) is 113 Å². The van der Waals surface area contributed by atoms with Crippen LogP contribution in [0.3, 0.4) is 0 Å². The first kappa shape index (κ1) is 30.1. The van der Waals surface area contributed by atoms with Gasteiger partial charge in [-0.2, -0.15) is 0 Å². The fourth-order valence-corrected chi connectivity index (χ4v) is 2.41. The molecule has 0 N–H and O–H groups in total. The van der Waals surface area contributed by atoms with E-state index in [-0.39, 0.29) is 0 Å². The Hall–Kier alpha value is -0.630. The number of aryl methyl sites for hydroxylation is 1. The second-order valence-electron chi connectivity index (χ2n) is 6.19. The van der Waals surface area contributed by atoms with Crippen LogP contribution in [0.5, 0.6) is 0 Å². The Labute approximate surface area is 173 Å². The highest BCUT2D eigenvalue weighted by atomic mass is 79.9. The number of aldehydes is 1. The fraction of sp³-hybridized carbons (Fsp3) is 0.708. The maximum absolute atomic E-state index is 10.9. The molecule has 1 aromatic carbocycles. The van der Waals surface area contributed by atoms with Gasteiger partial charge in [-0.1, -0.05) is 122 Å². The Kier molecular flexibility index (Phi) is 30.8. The van der Waals surface area contributed by atoms with Gasteiger partial charge in [0.15, 0.2) is 0 Å². The topological polar surface area (TPSA) is 17.1 Å². The van der Waals surface area contributed by atoms with Crippen LogP contribution in [0.4, 0.5) is 0 Å². The third-order valence-corrected chi connectivity index (χ3v) is 4.02. The summed E-state index contributed by atoms with van der Waals surface area (Å²) in [6, 6.07) is 5.88. The van der Waals surface area contributed by atoms with Crippen molar-refractivity contribution in [3.63, 3.8) is 0 Å². The fourth-order valence-electron chi connectivity index (χ4n) is 2.00. The van der Waals surface area contributed by atoms with Gasteiger partial charge in [-0.05, 0) is 30.5 Å². The van der Waals surface area contributed by atoms with Gasteiger partial charge in [0.05, 0.1) is 0 Å². The molecule has 0 radical (unpaired) electrons. The summed E-state index contributed by atoms with van der Waals surface area (Å²) in [4.78, 5) is 10.9. The normalized spacial score (nSPS) is 8.92. The number of carbonyl (C=O) groups is 1. The Morgan fingerprint density at radius 3 is 1.77 bits per heavy atom. The van der Waals surface area contributed by atoms with Crippen molar-refractivity contribution in [1.29, 1.82) is 0 Å². The molecule has 1 aromatic rings. The number of unbranched alkanes of at least 4 members (excludes halogenated alkanes) is 6. The Bertz CT molecular complexity index is 386. The predicted molar refractivity (Wildman–Crippen MR) is 125 cm³/mol. The lowest BCUT2D eigenvalue weighted by Gasteiger charge is -2.05. The number of rotatable bonds is 9. The maximum Gasteiger partial charge on any atom is 0.150 e. The lowest BCUT2D eigenvalue weighted by molar-refractivity contribution is 0.112. The van der Waals surface area contributed by atoms with Gasteiger partial charge >= 0.3 is 0 Å². The van der Waals surface area contributed by atoms with Crippen LogP contribution in [0.1, 0.15) is 122 Å². The van der Waals surface area contributed by atoms with E-state index in [1.54, 1.807) is 0 Å². The van der Waals surface area contributed by atoms with Crippen molar-refractivity contribution in [2.24, 2.45) is 0 Å². The summed E-state index contributed by atoms with van der Waals surface area (Å²) in [6.45, 7) is 14.8. The minimum atomic E-state index is 0.835. The average Bonchev–Trinajstić information content (AvgIpc) is 2.67. The molecule has 0 aliphatic rings. The molecule has 2 heteroatoms. The lowest BCUT2D eigenvalue weighted by Crippen LogP contribution is -1.93. The zero-order chi connectivity index (χ0) is 20.6. The van der Waals surface area contributed by atoms with E-state index < -0.39 is 0 Å². The van der Waals surface area contributed by atoms with Crippen LogP contribution in [0.25, 0.3) is 0 Å². The first-order chi connectivity index (χ1) is 12.6. The van der Waals surface area contributed by atoms with Gasteiger partial charge in [0, 0.05) is 10.0 Å². The van der Waals surface area contributed by atoms with Gasteiger partial charge in [0.2, 0.25) is 0 Å². The maximum atomic E-state index is 10.9. The quantitative estimate of drug-likeness (QED) is 0.282. The average molecular weight is 430 g/mol. The molecule has 1 rings (SSSR count). The van der Waals surface area contributed by atoms with Crippen LogP contribution in [0.2, 0.25) is 0 Å². The first-order valence-corrected chi connectivity index (χ1v) is 11.6. The number of halogens is 1. The standard InChI is InChI=1S/C15H21BrO.C4H10.C3H8.C2H6/c1-2-3-4-5-6-7-8-13-11-15(16)10-9-14(13)12-17;1-3-4-2;1-3-2;1-2/h9-12H,2-8H2,1H3;3-4H2,1-2H3;3H2,1-2H3;1-2H3. The molecule has 0 aliphatic heterocycles. The van der Waals surface area contributed by atoms with E-state index in [0.29, 0.717) is 0 Å². The van der Waals surface area contributed by atoms with Crippen molar-refractivity contribution >= 4 is 22.2 Å². The number of carbonyl (C=O) groups excluding carboxylic acids is 1. The molecule has 26 heavy (non-hydrogen) atoms. The molecule has 0 spiro atoms. The van der Waals surface area contributed by atoms with Gasteiger partial charge in [0.1, 0.15) is 6.29 Å². The third kappa shape index (κ3) is 21.4. The van der Waals surface area contributed by atoms with E-state index in [1.807, 2.05) is 26.0 Å². The van der Waals surface area contributed by atoms with Crippen molar-refractivity contribution < 1.29 is 4.79 Å². The van der Waals surface area contributed by atoms with Gasteiger partial charge in [-0.25, -0.2) is 0 Å². The minimum Gasteiger partial charge on any atom is -0.298 e. The van der Waals surface area contributed by atoms with Gasteiger partial charge < -0.3 is 0 Å². The molecule has 0 unspecified atom stereocenters. The van der Waals surface area contributed by atoms with E-state index in [9.17, 15) is 4.79 Å². The number of benzene rings is 1. The summed E-state index contributed by atoms with van der Waals surface area (Å²) in [5.74, 6) is 0. The van der Waals surface area contributed by atoms with Gasteiger partial charge in [-0.15, -0.1) is 0 Å². The van der Waals surface area contributed by atoms with E-state index in [1.165, 1.54) is 63.4 Å². The van der Waals surface area contributed by atoms with Crippen LogP contribution in [-0.2, 0) is 6.42 Å². The molecular weight excluding hydrogens is 384 g/mol. The SMILES string of the molecule is CC.CCC.CCCC.CCCCCCCCc1cc(Br)ccc1C=O. The van der Waals surface area contributed by atoms with Crippen molar-refractivity contribution in [3.8, 4) is 0 Å². The predicted octanol–water partition coefficient (Wildman–Crippen LogP) is 9.41. The third-order valence-electron chi connectivity index (χ3n) is 3.53. The van der Waals surface area contributed by atoms with Crippen LogP contribution >= 0.6 is 15.9 Å². The van der Waals surface area contributed by atoms with Crippen molar-refractivity contribution in [3.05, 3.63) is 33.8 Å². The molecule has 0 fully saturated rings. The summed E-state index contributed by atoms with van der Waals surface area (Å²) in [6.07, 6.45) is 13.6. The first-order valence-electron chi connectivity index (χ1n) is 10.8. The molecular formula is C24H45BrO. The molecule has 1 nitrogen and oxygen atoms in total. The lowest BCUT2D eigenvalue weighted by atomic mass is 10.0. The highest BCUT2D eigenvalue weighted by Gasteiger charge is 2.02. The monoisotopic (exact) mass is 428 g/mol. The zero-order valence-corrected chi connectivity index (χ0v) is 20.3. The number of hydrogen-bond acceptors (Lipinski definition) is 1. The second-order valence-corrected chi connectivity index (χ2v) is 7.10. The summed E-state index contributed by atoms with van der Waals surface area (Å²) in [5, 5.41) is 0. The van der Waals surface area contributed by atoms with E-state index in [4.69, 9.17) is 0 Å². The van der Waals surface area contributed by atoms with Crippen LogP contribution in [0.15, 0.2) is 22.7 Å². The Morgan fingerprint density at radius 1 is 0.808 bits per heavy atom. The zero-order valence-electron chi connectivity index (χ0n) is 18.7. The molecule has 0 aromatic heterocycles. The Morgan fingerprint density at radius 2 is 1.31 bits per heavy atom. The highest BCUT2D eigenvalue weighted by molar-refractivity contribution is 9.10. The van der Waals surface area contributed by atoms with E-state index in [0.717, 1.165) is 22.7 Å². The van der Waals surface area contributed by atoms with Gasteiger partial charge in [0.25, 0.3) is 0 Å². The number of hydrogen-bond donors (Lipinski definition) is 0. The van der Waals surface area contributed by atoms with Crippen molar-refractivity contribution in [1.82, 2.24) is 0 Å². The van der Waals surface area contributed by atoms with Crippen LogP contribution < -0.4 is 0 Å². The second kappa shape index (κ2) is 26.6. The Balaban J connectivity index is -0.000000495. The summed E-state index contributed by atoms with van der Waals surface area (Å²) >= 11 is 3.45. The van der Waals surface area contributed by atoms with E-state index >= 15 is 0 Å². The van der Waals surface area contributed by atoms with Crippen molar-refractivity contribution in [2.75, 3.05) is 0 Å². The largest absolute Gasteiger partial charge is 0.298 e. The molecule has 0 amide bonds.